The molecule has 2 aromatic rings. The number of benzene rings is 1. The number of nitrogens with two attached hydrogens (primary N) is 1. The molecule has 1 unspecified atom stereocenters. The Morgan fingerprint density at radius 3 is 2.94 bits per heavy atom. The molecule has 1 aromatic heterocycles. The van der Waals surface area contributed by atoms with Crippen LogP contribution >= 0.6 is 11.6 Å². The van der Waals surface area contributed by atoms with Gasteiger partial charge in [-0.3, -0.25) is 0 Å². The van der Waals surface area contributed by atoms with Gasteiger partial charge in [-0.15, -0.1) is 10.2 Å². The van der Waals surface area contributed by atoms with Gasteiger partial charge in [0.2, 0.25) is 0 Å². The normalized spacial score (nSPS) is 19.1. The molecule has 88 valence electrons. The maximum atomic E-state index is 6.18. The lowest BCUT2D eigenvalue weighted by Gasteiger charge is -2.20. The zero-order chi connectivity index (χ0) is 11.8. The number of nitrogens with zero attached hydrogens (tertiary/aromatic N) is 3. The van der Waals surface area contributed by atoms with Gasteiger partial charge >= 0.3 is 0 Å². The van der Waals surface area contributed by atoms with E-state index in [9.17, 15) is 0 Å². The first-order valence-electron chi connectivity index (χ1n) is 5.68. The monoisotopic (exact) mass is 248 g/mol. The van der Waals surface area contributed by atoms with Crippen LogP contribution in [0.3, 0.4) is 0 Å². The summed E-state index contributed by atoms with van der Waals surface area (Å²) in [6.07, 6.45) is 1.86. The molecule has 1 aliphatic rings. The molecule has 3 rings (SSSR count). The van der Waals surface area contributed by atoms with Crippen molar-refractivity contribution in [3.05, 3.63) is 35.1 Å². The minimum Gasteiger partial charge on any atom is -0.326 e. The molecular weight excluding hydrogens is 236 g/mol. The van der Waals surface area contributed by atoms with Crippen molar-refractivity contribution in [3.63, 3.8) is 0 Å². The maximum absolute atomic E-state index is 6.18. The molecule has 0 saturated carbocycles. The van der Waals surface area contributed by atoms with E-state index in [2.05, 4.69) is 14.8 Å². The molecule has 1 atom stereocenters. The molecule has 0 fully saturated rings. The van der Waals surface area contributed by atoms with E-state index in [-0.39, 0.29) is 6.04 Å². The third-order valence-electron chi connectivity index (χ3n) is 3.10. The van der Waals surface area contributed by atoms with Gasteiger partial charge < -0.3 is 10.3 Å². The molecule has 0 aliphatic carbocycles. The van der Waals surface area contributed by atoms with Crippen LogP contribution in [-0.2, 0) is 13.0 Å². The van der Waals surface area contributed by atoms with Crippen LogP contribution in [-0.4, -0.2) is 20.8 Å². The molecule has 0 saturated heterocycles. The van der Waals surface area contributed by atoms with Crippen molar-refractivity contribution in [2.75, 3.05) is 0 Å². The molecule has 2 N–H and O–H groups in total. The van der Waals surface area contributed by atoms with E-state index in [0.717, 1.165) is 36.6 Å². The second kappa shape index (κ2) is 4.13. The second-order valence-corrected chi connectivity index (χ2v) is 4.74. The smallest absolute Gasteiger partial charge is 0.165 e. The fourth-order valence-corrected chi connectivity index (χ4v) is 2.41. The molecule has 0 spiro atoms. The Kier molecular flexibility index (Phi) is 2.61. The highest BCUT2D eigenvalue weighted by Gasteiger charge is 2.21. The van der Waals surface area contributed by atoms with E-state index in [0.29, 0.717) is 5.02 Å². The molecule has 2 heterocycles. The maximum Gasteiger partial charge on any atom is 0.165 e. The molecule has 4 nitrogen and oxygen atoms in total. The van der Waals surface area contributed by atoms with E-state index in [1.54, 1.807) is 0 Å². The lowest BCUT2D eigenvalue weighted by molar-refractivity contribution is 0.456. The Labute approximate surface area is 104 Å². The molecule has 0 amide bonds. The predicted octanol–water partition coefficient (Wildman–Crippen LogP) is 1.87. The lowest BCUT2D eigenvalue weighted by atomic mass is 10.1. The highest BCUT2D eigenvalue weighted by atomic mass is 35.5. The van der Waals surface area contributed by atoms with Crippen LogP contribution in [0.1, 0.15) is 12.2 Å². The second-order valence-electron chi connectivity index (χ2n) is 4.33. The molecule has 0 bridgehead atoms. The summed E-state index contributed by atoms with van der Waals surface area (Å²) >= 11 is 6.18. The summed E-state index contributed by atoms with van der Waals surface area (Å²) in [6, 6.07) is 7.86. The summed E-state index contributed by atoms with van der Waals surface area (Å²) in [5.41, 5.74) is 6.90. The van der Waals surface area contributed by atoms with Crippen LogP contribution in [0, 0.1) is 0 Å². The van der Waals surface area contributed by atoms with Gasteiger partial charge in [-0.05, 0) is 18.6 Å². The van der Waals surface area contributed by atoms with Crippen molar-refractivity contribution >= 4 is 11.6 Å². The topological polar surface area (TPSA) is 56.7 Å². The third-order valence-corrected chi connectivity index (χ3v) is 3.43. The van der Waals surface area contributed by atoms with Crippen molar-refractivity contribution in [3.8, 4) is 11.4 Å². The standard InChI is InChI=1S/C12H13ClN4/c13-10-4-2-1-3-9(10)12-16-15-11-6-5-8(14)7-17(11)12/h1-4,8H,5-7,14H2. The van der Waals surface area contributed by atoms with Gasteiger partial charge in [-0.2, -0.15) is 0 Å². The fraction of sp³-hybridized carbons (Fsp3) is 0.333. The summed E-state index contributed by atoms with van der Waals surface area (Å²) in [7, 11) is 0. The van der Waals surface area contributed by atoms with Crippen molar-refractivity contribution in [1.29, 1.82) is 0 Å². The zero-order valence-electron chi connectivity index (χ0n) is 9.31. The third kappa shape index (κ3) is 1.83. The Balaban J connectivity index is 2.11. The first kappa shape index (κ1) is 10.7. The largest absolute Gasteiger partial charge is 0.326 e. The Hall–Kier alpha value is -1.39. The number of rotatable bonds is 1. The van der Waals surface area contributed by atoms with E-state index < -0.39 is 0 Å². The number of aromatic nitrogens is 3. The summed E-state index contributed by atoms with van der Waals surface area (Å²) in [5, 5.41) is 9.14. The zero-order valence-corrected chi connectivity index (χ0v) is 10.1. The SMILES string of the molecule is NC1CCc2nnc(-c3ccccc3Cl)n2C1. The van der Waals surface area contributed by atoms with Gasteiger partial charge in [0.25, 0.3) is 0 Å². The average molecular weight is 249 g/mol. The van der Waals surface area contributed by atoms with Crippen molar-refractivity contribution in [1.82, 2.24) is 14.8 Å². The summed E-state index contributed by atoms with van der Waals surface area (Å²) < 4.78 is 2.08. The van der Waals surface area contributed by atoms with Gasteiger partial charge in [-0.25, -0.2) is 0 Å². The first-order chi connectivity index (χ1) is 8.25. The Bertz CT molecular complexity index is 549. The summed E-state index contributed by atoms with van der Waals surface area (Å²) in [6.45, 7) is 0.767. The summed E-state index contributed by atoms with van der Waals surface area (Å²) in [4.78, 5) is 0. The molecule has 1 aromatic carbocycles. The molecule has 0 radical (unpaired) electrons. The van der Waals surface area contributed by atoms with Crippen LogP contribution in [0.5, 0.6) is 0 Å². The number of fused-ring (bicyclic) bond motifs is 1. The lowest BCUT2D eigenvalue weighted by Crippen LogP contribution is -2.32. The van der Waals surface area contributed by atoms with Gasteiger partial charge in [-0.1, -0.05) is 23.7 Å². The number of hydrogen-bond donors (Lipinski definition) is 1. The van der Waals surface area contributed by atoms with Crippen molar-refractivity contribution in [2.24, 2.45) is 5.73 Å². The van der Waals surface area contributed by atoms with E-state index >= 15 is 0 Å². The quantitative estimate of drug-likeness (QED) is 0.838. The van der Waals surface area contributed by atoms with Crippen LogP contribution in [0.2, 0.25) is 5.02 Å². The summed E-state index contributed by atoms with van der Waals surface area (Å²) in [5.74, 6) is 1.82. The fourth-order valence-electron chi connectivity index (χ4n) is 2.19. The van der Waals surface area contributed by atoms with Crippen LogP contribution < -0.4 is 5.73 Å². The Morgan fingerprint density at radius 1 is 1.29 bits per heavy atom. The average Bonchev–Trinajstić information content (AvgIpc) is 2.72. The van der Waals surface area contributed by atoms with Gasteiger partial charge in [0.05, 0.1) is 5.02 Å². The molecule has 1 aliphatic heterocycles. The minimum atomic E-state index is 0.180. The van der Waals surface area contributed by atoms with Crippen LogP contribution in [0.4, 0.5) is 0 Å². The highest BCUT2D eigenvalue weighted by Crippen LogP contribution is 2.28. The van der Waals surface area contributed by atoms with Gasteiger partial charge in [0.15, 0.2) is 5.82 Å². The molecular formula is C12H13ClN4. The number of aryl methyl sites for hydroxylation is 1. The first-order valence-corrected chi connectivity index (χ1v) is 6.06. The van der Waals surface area contributed by atoms with Crippen molar-refractivity contribution < 1.29 is 0 Å². The minimum absolute atomic E-state index is 0.180. The highest BCUT2D eigenvalue weighted by molar-refractivity contribution is 6.33. The predicted molar refractivity (Wildman–Crippen MR) is 66.8 cm³/mol. The van der Waals surface area contributed by atoms with E-state index in [4.69, 9.17) is 17.3 Å². The van der Waals surface area contributed by atoms with E-state index in [1.807, 2.05) is 24.3 Å². The van der Waals surface area contributed by atoms with Crippen LogP contribution in [0.25, 0.3) is 11.4 Å². The molecule has 17 heavy (non-hydrogen) atoms. The molecule has 5 heteroatoms. The van der Waals surface area contributed by atoms with Gasteiger partial charge in [0, 0.05) is 24.6 Å². The Morgan fingerprint density at radius 2 is 2.12 bits per heavy atom. The van der Waals surface area contributed by atoms with E-state index in [1.165, 1.54) is 0 Å². The number of hydrogen-bond acceptors (Lipinski definition) is 3. The number of halogens is 1. The van der Waals surface area contributed by atoms with Crippen molar-refractivity contribution in [2.45, 2.75) is 25.4 Å². The van der Waals surface area contributed by atoms with Gasteiger partial charge in [0.1, 0.15) is 5.82 Å². The van der Waals surface area contributed by atoms with Crippen LogP contribution in [0.15, 0.2) is 24.3 Å².